The Bertz CT molecular complexity index is 2910. The van der Waals surface area contributed by atoms with E-state index in [-0.39, 0.29) is 6.71 Å². The Morgan fingerprint density at radius 1 is 0.385 bits per heavy atom. The summed E-state index contributed by atoms with van der Waals surface area (Å²) in [7, 11) is 0. The van der Waals surface area contributed by atoms with Crippen LogP contribution in [0.4, 0.5) is 0 Å². The third-order valence-corrected chi connectivity index (χ3v) is 11.3. The monoisotopic (exact) mass is 660 g/mol. The van der Waals surface area contributed by atoms with Crippen molar-refractivity contribution < 1.29 is 0 Å². The fourth-order valence-electron chi connectivity index (χ4n) is 8.89. The second kappa shape index (κ2) is 11.2. The van der Waals surface area contributed by atoms with Crippen molar-refractivity contribution in [3.8, 4) is 33.6 Å². The molecule has 0 aliphatic carbocycles. The molecule has 0 N–H and O–H groups in total. The Kier molecular flexibility index (Phi) is 6.29. The van der Waals surface area contributed by atoms with Gasteiger partial charge < -0.3 is 9.13 Å². The molecule has 1 aliphatic heterocycles. The summed E-state index contributed by atoms with van der Waals surface area (Å²) in [5.41, 5.74) is 17.5. The first-order valence-electron chi connectivity index (χ1n) is 18.1. The average molecular weight is 661 g/mol. The summed E-state index contributed by atoms with van der Waals surface area (Å²) >= 11 is 0. The van der Waals surface area contributed by atoms with E-state index >= 15 is 0 Å². The highest BCUT2D eigenvalue weighted by Crippen LogP contribution is 2.42. The van der Waals surface area contributed by atoms with Gasteiger partial charge >= 0.3 is 0 Å². The van der Waals surface area contributed by atoms with Crippen LogP contribution in [0.5, 0.6) is 0 Å². The first-order chi connectivity index (χ1) is 25.7. The molecule has 0 atom stereocenters. The largest absolute Gasteiger partial charge is 0.310 e. The molecule has 8 aromatic carbocycles. The predicted octanol–water partition coefficient (Wildman–Crippen LogP) is 10.4. The summed E-state index contributed by atoms with van der Waals surface area (Å²) in [4.78, 5) is 0. The van der Waals surface area contributed by atoms with Gasteiger partial charge in [0, 0.05) is 27.2 Å². The molecule has 52 heavy (non-hydrogen) atoms. The van der Waals surface area contributed by atoms with Crippen molar-refractivity contribution in [3.05, 3.63) is 188 Å². The molecule has 2 nitrogen and oxygen atoms in total. The molecule has 0 radical (unpaired) electrons. The van der Waals surface area contributed by atoms with E-state index in [4.69, 9.17) is 0 Å². The van der Waals surface area contributed by atoms with Crippen LogP contribution in [-0.2, 0) is 0 Å². The van der Waals surface area contributed by atoms with Crippen LogP contribution in [0.2, 0.25) is 0 Å². The molecule has 0 saturated heterocycles. The van der Waals surface area contributed by atoms with Crippen LogP contribution in [0.25, 0.3) is 77.2 Å². The molecule has 1 aliphatic rings. The zero-order valence-corrected chi connectivity index (χ0v) is 28.8. The average Bonchev–Trinajstić information content (AvgIpc) is 3.73. The van der Waals surface area contributed by atoms with Gasteiger partial charge in [0.15, 0.2) is 0 Å². The van der Waals surface area contributed by atoms with Crippen molar-refractivity contribution in [3.63, 3.8) is 0 Å². The molecule has 3 heteroatoms. The highest BCUT2D eigenvalue weighted by Gasteiger charge is 2.34. The number of rotatable bonds is 4. The first kappa shape index (κ1) is 29.2. The van der Waals surface area contributed by atoms with E-state index in [1.54, 1.807) is 0 Å². The molecule has 0 spiro atoms. The van der Waals surface area contributed by atoms with Crippen LogP contribution >= 0.6 is 0 Å². The molecule has 0 bridgehead atoms. The van der Waals surface area contributed by atoms with Gasteiger partial charge in [0.2, 0.25) is 6.71 Å². The fraction of sp³-hybridized carbons (Fsp3) is 0.0204. The summed E-state index contributed by atoms with van der Waals surface area (Å²) in [6, 6.07) is 67.4. The van der Waals surface area contributed by atoms with E-state index < -0.39 is 0 Å². The molecule has 242 valence electrons. The Hall–Kier alpha value is -6.58. The first-order valence-corrected chi connectivity index (χ1v) is 18.1. The lowest BCUT2D eigenvalue weighted by molar-refractivity contribution is 1.18. The van der Waals surface area contributed by atoms with Crippen molar-refractivity contribution in [2.45, 2.75) is 6.92 Å². The lowest BCUT2D eigenvalue weighted by Gasteiger charge is -2.27. The second-order valence-corrected chi connectivity index (χ2v) is 14.2. The Labute approximate surface area is 302 Å². The highest BCUT2D eigenvalue weighted by molar-refractivity contribution is 6.98. The molecule has 2 aromatic heterocycles. The zero-order chi connectivity index (χ0) is 34.3. The molecular formula is C49H33BN2. The number of fused-ring (bicyclic) bond motifs is 8. The lowest BCUT2D eigenvalue weighted by Crippen LogP contribution is -2.55. The predicted molar refractivity (Wildman–Crippen MR) is 222 cm³/mol. The lowest BCUT2D eigenvalue weighted by atomic mass is 9.35. The van der Waals surface area contributed by atoms with Gasteiger partial charge in [-0.25, -0.2) is 0 Å². The molecule has 3 heterocycles. The summed E-state index contributed by atoms with van der Waals surface area (Å²) in [6.45, 7) is 2.29. The minimum atomic E-state index is 0.123. The van der Waals surface area contributed by atoms with Gasteiger partial charge in [0.1, 0.15) is 0 Å². The Morgan fingerprint density at radius 2 is 0.981 bits per heavy atom. The number of aryl methyl sites for hydroxylation is 1. The second-order valence-electron chi connectivity index (χ2n) is 14.2. The van der Waals surface area contributed by atoms with Crippen LogP contribution in [0.15, 0.2) is 182 Å². The molecule has 11 rings (SSSR count). The van der Waals surface area contributed by atoms with Gasteiger partial charge in [-0.2, -0.15) is 0 Å². The van der Waals surface area contributed by atoms with Gasteiger partial charge in [-0.1, -0.05) is 163 Å². The Morgan fingerprint density at radius 3 is 1.65 bits per heavy atom. The maximum atomic E-state index is 2.54. The number of hydrogen-bond acceptors (Lipinski definition) is 0. The topological polar surface area (TPSA) is 9.86 Å². The third-order valence-electron chi connectivity index (χ3n) is 11.3. The molecule has 0 unspecified atom stereocenters. The Balaban J connectivity index is 1.29. The molecular weight excluding hydrogens is 627 g/mol. The molecule has 0 fully saturated rings. The number of benzene rings is 8. The van der Waals surface area contributed by atoms with Crippen molar-refractivity contribution in [2.24, 2.45) is 0 Å². The van der Waals surface area contributed by atoms with E-state index in [9.17, 15) is 0 Å². The van der Waals surface area contributed by atoms with Crippen molar-refractivity contribution >= 4 is 66.7 Å². The molecule has 0 amide bonds. The molecule has 0 saturated carbocycles. The summed E-state index contributed by atoms with van der Waals surface area (Å²) in [5, 5.41) is 5.06. The fourth-order valence-corrected chi connectivity index (χ4v) is 8.89. The van der Waals surface area contributed by atoms with E-state index in [2.05, 4.69) is 198 Å². The highest BCUT2D eigenvalue weighted by atomic mass is 15.0. The number of hydrogen-bond donors (Lipinski definition) is 0. The van der Waals surface area contributed by atoms with E-state index in [1.807, 2.05) is 0 Å². The van der Waals surface area contributed by atoms with Gasteiger partial charge in [-0.3, -0.25) is 0 Å². The van der Waals surface area contributed by atoms with Gasteiger partial charge in [-0.05, 0) is 70.4 Å². The standard InChI is InChI=1S/C49H33BN2/c1-32-20-24-37(25-21-32)50-41-17-9-11-19-44(41)52-43-18-10-8-16-40(43)48-45(29-28-42(50)49(48)52)51-46-30-35(33-12-4-2-5-13-33)22-26-38(46)39-27-23-36(31-47(39)51)34-14-6-3-7-15-34/h2-31H,1H3. The van der Waals surface area contributed by atoms with Gasteiger partial charge in [0.05, 0.1) is 27.8 Å². The quantitative estimate of drug-likeness (QED) is 0.166. The normalized spacial score (nSPS) is 12.3. The zero-order valence-electron chi connectivity index (χ0n) is 28.8. The van der Waals surface area contributed by atoms with Crippen LogP contribution in [0, 0.1) is 6.92 Å². The van der Waals surface area contributed by atoms with Crippen molar-refractivity contribution in [1.29, 1.82) is 0 Å². The van der Waals surface area contributed by atoms with Crippen LogP contribution in [-0.4, -0.2) is 15.8 Å². The van der Waals surface area contributed by atoms with Crippen molar-refractivity contribution in [1.82, 2.24) is 9.13 Å². The maximum absolute atomic E-state index is 2.54. The number of para-hydroxylation sites is 2. The van der Waals surface area contributed by atoms with Crippen LogP contribution in [0.3, 0.4) is 0 Å². The van der Waals surface area contributed by atoms with E-state index in [1.165, 1.54) is 99.2 Å². The summed E-state index contributed by atoms with van der Waals surface area (Å²) in [6.07, 6.45) is 0. The maximum Gasteiger partial charge on any atom is 0.246 e. The minimum Gasteiger partial charge on any atom is -0.310 e. The van der Waals surface area contributed by atoms with Gasteiger partial charge in [-0.15, -0.1) is 0 Å². The molecule has 10 aromatic rings. The van der Waals surface area contributed by atoms with Crippen LogP contribution in [0.1, 0.15) is 5.56 Å². The number of nitrogens with zero attached hydrogens (tertiary/aromatic N) is 2. The third kappa shape index (κ3) is 4.20. The van der Waals surface area contributed by atoms with Crippen LogP contribution < -0.4 is 16.4 Å². The SMILES string of the molecule is Cc1ccc(B2c3ccccc3-n3c4ccccc4c4c(-n5c6cc(-c7ccccc7)ccc6c6ccc(-c7ccccc7)cc65)ccc2c43)cc1. The van der Waals surface area contributed by atoms with E-state index in [0.717, 1.165) is 0 Å². The minimum absolute atomic E-state index is 0.123. The number of aromatic nitrogens is 2. The van der Waals surface area contributed by atoms with Crippen molar-refractivity contribution in [2.75, 3.05) is 0 Å². The van der Waals surface area contributed by atoms with Gasteiger partial charge in [0.25, 0.3) is 0 Å². The summed E-state index contributed by atoms with van der Waals surface area (Å²) < 4.78 is 5.07. The van der Waals surface area contributed by atoms with E-state index in [0.29, 0.717) is 0 Å². The summed E-state index contributed by atoms with van der Waals surface area (Å²) in [5.74, 6) is 0. The smallest absolute Gasteiger partial charge is 0.246 e.